The van der Waals surface area contributed by atoms with E-state index < -0.39 is 0 Å². The summed E-state index contributed by atoms with van der Waals surface area (Å²) in [7, 11) is 6.07. The van der Waals surface area contributed by atoms with E-state index in [4.69, 9.17) is 0 Å². The van der Waals surface area contributed by atoms with Gasteiger partial charge in [0.15, 0.2) is 17.6 Å². The Morgan fingerprint density at radius 3 is 2.88 bits per heavy atom. The van der Waals surface area contributed by atoms with Crippen molar-refractivity contribution in [3.63, 3.8) is 0 Å². The molecule has 2 atom stereocenters. The van der Waals surface area contributed by atoms with Gasteiger partial charge in [0.05, 0.1) is 0 Å². The molecule has 2 fully saturated rings. The number of aromatic nitrogens is 1. The highest BCUT2D eigenvalue weighted by Gasteiger charge is 2.32. The van der Waals surface area contributed by atoms with Gasteiger partial charge in [0.25, 0.3) is 0 Å². The van der Waals surface area contributed by atoms with Crippen molar-refractivity contribution < 1.29 is 4.39 Å². The van der Waals surface area contributed by atoms with Gasteiger partial charge in [-0.15, -0.1) is 0 Å². The number of likely N-dealkylation sites (N-methyl/N-ethyl adjacent to an activating group) is 1. The lowest BCUT2D eigenvalue weighted by Crippen LogP contribution is -2.49. The zero-order chi connectivity index (χ0) is 17.8. The molecule has 6 nitrogen and oxygen atoms in total. The molecule has 2 N–H and O–H groups in total. The summed E-state index contributed by atoms with van der Waals surface area (Å²) in [4.78, 5) is 12.8. The van der Waals surface area contributed by atoms with Crippen LogP contribution >= 0.6 is 0 Å². The molecule has 1 aromatic rings. The van der Waals surface area contributed by atoms with E-state index >= 15 is 0 Å². The number of pyridine rings is 1. The number of hydrogen-bond donors (Lipinski definition) is 2. The fraction of sp³-hybridized carbons (Fsp3) is 0.667. The predicted octanol–water partition coefficient (Wildman–Crippen LogP) is 1.30. The lowest BCUT2D eigenvalue weighted by atomic mass is 10.1. The van der Waals surface area contributed by atoms with Gasteiger partial charge in [-0.05, 0) is 51.4 Å². The van der Waals surface area contributed by atoms with Crippen LogP contribution in [0.1, 0.15) is 19.3 Å². The SMILES string of the molecule is CN=C(NCC(C1CC1)N(C)C)NC1CCN(c2ncccc2F)C1. The second kappa shape index (κ2) is 7.99. The third-order valence-corrected chi connectivity index (χ3v) is 5.10. The minimum Gasteiger partial charge on any atom is -0.355 e. The Bertz CT molecular complexity index is 599. The van der Waals surface area contributed by atoms with Gasteiger partial charge in [0, 0.05) is 45.0 Å². The van der Waals surface area contributed by atoms with Gasteiger partial charge in [-0.3, -0.25) is 4.99 Å². The van der Waals surface area contributed by atoms with Crippen LogP contribution in [0.15, 0.2) is 23.3 Å². The maximum absolute atomic E-state index is 13.9. The van der Waals surface area contributed by atoms with E-state index in [1.54, 1.807) is 19.3 Å². The van der Waals surface area contributed by atoms with Crippen molar-refractivity contribution in [2.24, 2.45) is 10.9 Å². The van der Waals surface area contributed by atoms with Gasteiger partial charge in [0.2, 0.25) is 0 Å². The van der Waals surface area contributed by atoms with Crippen LogP contribution in [0.25, 0.3) is 0 Å². The predicted molar refractivity (Wildman–Crippen MR) is 99.5 cm³/mol. The lowest BCUT2D eigenvalue weighted by Gasteiger charge is -2.26. The summed E-state index contributed by atoms with van der Waals surface area (Å²) in [6, 6.07) is 3.87. The van der Waals surface area contributed by atoms with Crippen molar-refractivity contribution >= 4 is 11.8 Å². The van der Waals surface area contributed by atoms with Crippen LogP contribution in [-0.4, -0.2) is 68.7 Å². The number of rotatable bonds is 6. The standard InChI is InChI=1S/C18H29FN6/c1-20-18(22-11-16(24(2)3)13-6-7-13)23-14-8-10-25(12-14)17-15(19)5-4-9-21-17/h4-5,9,13-14,16H,6-8,10-12H2,1-3H3,(H2,20,22,23). The number of anilines is 1. The summed E-state index contributed by atoms with van der Waals surface area (Å²) >= 11 is 0. The lowest BCUT2D eigenvalue weighted by molar-refractivity contribution is 0.264. The average molecular weight is 348 g/mol. The molecular formula is C18H29FN6. The van der Waals surface area contributed by atoms with Crippen molar-refractivity contribution in [1.82, 2.24) is 20.5 Å². The summed E-state index contributed by atoms with van der Waals surface area (Å²) in [6.07, 6.45) is 5.23. The molecule has 1 aromatic heterocycles. The molecule has 1 aliphatic heterocycles. The number of aliphatic imine (C=N–C) groups is 1. The number of nitrogens with zero attached hydrogens (tertiary/aromatic N) is 4. The highest BCUT2D eigenvalue weighted by Crippen LogP contribution is 2.34. The van der Waals surface area contributed by atoms with E-state index in [1.165, 1.54) is 18.9 Å². The second-order valence-corrected chi connectivity index (χ2v) is 7.21. The highest BCUT2D eigenvalue weighted by atomic mass is 19.1. The molecule has 0 aromatic carbocycles. The molecule has 2 unspecified atom stereocenters. The Morgan fingerprint density at radius 2 is 2.24 bits per heavy atom. The zero-order valence-electron chi connectivity index (χ0n) is 15.4. The first kappa shape index (κ1) is 17.9. The minimum atomic E-state index is -0.260. The quantitative estimate of drug-likeness (QED) is 0.600. The molecule has 0 spiro atoms. The molecule has 3 rings (SSSR count). The molecule has 1 aliphatic carbocycles. The molecule has 1 saturated carbocycles. The topological polar surface area (TPSA) is 55.8 Å². The minimum absolute atomic E-state index is 0.242. The van der Waals surface area contributed by atoms with E-state index in [0.717, 1.165) is 37.9 Å². The molecule has 2 aliphatic rings. The van der Waals surface area contributed by atoms with Gasteiger partial charge in [-0.1, -0.05) is 0 Å². The Kier molecular flexibility index (Phi) is 5.73. The Morgan fingerprint density at radius 1 is 1.44 bits per heavy atom. The summed E-state index contributed by atoms with van der Waals surface area (Å²) < 4.78 is 13.9. The van der Waals surface area contributed by atoms with E-state index in [-0.39, 0.29) is 11.9 Å². The molecule has 2 heterocycles. The van der Waals surface area contributed by atoms with Crippen LogP contribution in [0.5, 0.6) is 0 Å². The summed E-state index contributed by atoms with van der Waals surface area (Å²) in [5.74, 6) is 1.80. The molecule has 0 amide bonds. The molecule has 138 valence electrons. The van der Waals surface area contributed by atoms with Crippen molar-refractivity contribution in [3.8, 4) is 0 Å². The third kappa shape index (κ3) is 4.60. The first-order valence-electron chi connectivity index (χ1n) is 9.07. The monoisotopic (exact) mass is 348 g/mol. The normalized spacial score (nSPS) is 22.4. The van der Waals surface area contributed by atoms with Crippen LogP contribution in [-0.2, 0) is 0 Å². The van der Waals surface area contributed by atoms with Gasteiger partial charge in [-0.25, -0.2) is 9.37 Å². The summed E-state index contributed by atoms with van der Waals surface area (Å²) in [5.41, 5.74) is 0. The summed E-state index contributed by atoms with van der Waals surface area (Å²) in [6.45, 7) is 2.42. The highest BCUT2D eigenvalue weighted by molar-refractivity contribution is 5.80. The number of nitrogens with one attached hydrogen (secondary N) is 2. The van der Waals surface area contributed by atoms with Gasteiger partial charge in [-0.2, -0.15) is 0 Å². The van der Waals surface area contributed by atoms with E-state index in [9.17, 15) is 4.39 Å². The van der Waals surface area contributed by atoms with Crippen LogP contribution in [0.4, 0.5) is 10.2 Å². The number of guanidine groups is 1. The Balaban J connectivity index is 1.50. The number of hydrogen-bond acceptors (Lipinski definition) is 4. The van der Waals surface area contributed by atoms with Crippen LogP contribution < -0.4 is 15.5 Å². The maximum Gasteiger partial charge on any atom is 0.191 e. The molecule has 0 bridgehead atoms. The first-order valence-corrected chi connectivity index (χ1v) is 9.07. The van der Waals surface area contributed by atoms with Gasteiger partial charge in [0.1, 0.15) is 0 Å². The van der Waals surface area contributed by atoms with Crippen LogP contribution in [0.2, 0.25) is 0 Å². The zero-order valence-corrected chi connectivity index (χ0v) is 15.4. The van der Waals surface area contributed by atoms with Crippen molar-refractivity contribution in [2.45, 2.75) is 31.3 Å². The largest absolute Gasteiger partial charge is 0.355 e. The molecule has 7 heteroatoms. The van der Waals surface area contributed by atoms with Crippen molar-refractivity contribution in [1.29, 1.82) is 0 Å². The van der Waals surface area contributed by atoms with E-state index in [1.807, 2.05) is 4.90 Å². The molecular weight excluding hydrogens is 319 g/mol. The first-order chi connectivity index (χ1) is 12.1. The fourth-order valence-electron chi connectivity index (χ4n) is 3.52. The third-order valence-electron chi connectivity index (χ3n) is 5.10. The molecule has 25 heavy (non-hydrogen) atoms. The smallest absolute Gasteiger partial charge is 0.191 e. The van der Waals surface area contributed by atoms with Crippen molar-refractivity contribution in [3.05, 3.63) is 24.1 Å². The van der Waals surface area contributed by atoms with E-state index in [0.29, 0.717) is 11.9 Å². The fourth-order valence-corrected chi connectivity index (χ4v) is 3.52. The maximum atomic E-state index is 13.9. The molecule has 0 radical (unpaired) electrons. The van der Waals surface area contributed by atoms with Gasteiger partial charge < -0.3 is 20.4 Å². The van der Waals surface area contributed by atoms with Crippen LogP contribution in [0.3, 0.4) is 0 Å². The Hall–Kier alpha value is -1.89. The average Bonchev–Trinajstić information content (AvgIpc) is 3.32. The summed E-state index contributed by atoms with van der Waals surface area (Å²) in [5, 5.41) is 6.92. The number of halogens is 1. The van der Waals surface area contributed by atoms with E-state index in [2.05, 4.69) is 39.6 Å². The second-order valence-electron chi connectivity index (χ2n) is 7.21. The Labute approximate surface area is 149 Å². The van der Waals surface area contributed by atoms with Gasteiger partial charge >= 0.3 is 0 Å². The van der Waals surface area contributed by atoms with Crippen molar-refractivity contribution in [2.75, 3.05) is 45.7 Å². The molecule has 1 saturated heterocycles. The van der Waals surface area contributed by atoms with Crippen LogP contribution in [0, 0.1) is 11.7 Å².